The largest absolute Gasteiger partial charge is 0.397 e. The van der Waals surface area contributed by atoms with Gasteiger partial charge in [0.1, 0.15) is 24.4 Å². The van der Waals surface area contributed by atoms with Gasteiger partial charge in [0.05, 0.1) is 25.4 Å². The number of carbonyl (C=O) groups is 1. The van der Waals surface area contributed by atoms with E-state index in [1.165, 1.54) is 128 Å². The zero-order valence-electron chi connectivity index (χ0n) is 34.5. The number of unbranched alkanes of at least 4 members (excludes halogenated alkanes) is 25. The van der Waals surface area contributed by atoms with Crippen LogP contribution >= 0.6 is 0 Å². The number of aliphatic hydroxyl groups is 4. The summed E-state index contributed by atoms with van der Waals surface area (Å²) >= 11 is 0. The van der Waals surface area contributed by atoms with Crippen LogP contribution in [0.5, 0.6) is 0 Å². The maximum Gasteiger partial charge on any atom is 0.397 e. The Morgan fingerprint density at radius 2 is 1.15 bits per heavy atom. The maximum atomic E-state index is 13.0. The SMILES string of the molecule is CCCCCCCCCCCCCC=CC(O)C(COC1OC(CO)C(O)C(OS(=O)(=O)O)C1O)NC(=O)CCCCCCCCCCCCCCCCC. The second-order valence-corrected chi connectivity index (χ2v) is 16.7. The molecule has 1 aliphatic rings. The van der Waals surface area contributed by atoms with Crippen LogP contribution in [0.4, 0.5) is 0 Å². The van der Waals surface area contributed by atoms with Gasteiger partial charge in [0.25, 0.3) is 0 Å². The number of carbonyl (C=O) groups excluding carboxylic acids is 1. The summed E-state index contributed by atoms with van der Waals surface area (Å²) in [5.41, 5.74) is 0. The fourth-order valence-electron chi connectivity index (χ4n) is 7.10. The normalized spacial score (nSPS) is 21.6. The van der Waals surface area contributed by atoms with Crippen molar-refractivity contribution >= 4 is 16.3 Å². The lowest BCUT2D eigenvalue weighted by Gasteiger charge is -2.41. The minimum Gasteiger partial charge on any atom is -0.394 e. The number of hydrogen-bond donors (Lipinski definition) is 6. The molecule has 0 radical (unpaired) electrons. The zero-order chi connectivity index (χ0) is 40.6. The van der Waals surface area contributed by atoms with E-state index in [2.05, 4.69) is 23.3 Å². The second kappa shape index (κ2) is 33.8. The van der Waals surface area contributed by atoms with E-state index in [1.807, 2.05) is 6.08 Å². The van der Waals surface area contributed by atoms with Crippen molar-refractivity contribution in [3.8, 4) is 0 Å². The Kier molecular flexibility index (Phi) is 31.8. The fourth-order valence-corrected chi connectivity index (χ4v) is 7.61. The highest BCUT2D eigenvalue weighted by Crippen LogP contribution is 2.26. The third-order valence-corrected chi connectivity index (χ3v) is 11.0. The number of aliphatic hydroxyl groups excluding tert-OH is 4. The smallest absolute Gasteiger partial charge is 0.394 e. The standard InChI is InChI=1S/C42H81NO11S/c1-3-5-7-9-11-13-15-17-18-20-22-24-26-28-30-32-38(46)43-35(36(45)31-29-27-25-23-21-19-16-14-12-10-8-6-4-2)34-52-42-40(48)41(54-55(49,50)51)39(47)37(33-44)53-42/h29,31,35-37,39-42,44-45,47-48H,3-28,30,32-34H2,1-2H3,(H,43,46)(H,49,50,51). The molecule has 0 aromatic rings. The Hall–Kier alpha value is -1.16. The van der Waals surface area contributed by atoms with Crippen LogP contribution in [0, 0.1) is 0 Å². The van der Waals surface area contributed by atoms with Gasteiger partial charge in [0.15, 0.2) is 6.29 Å². The van der Waals surface area contributed by atoms with Crippen molar-refractivity contribution in [3.63, 3.8) is 0 Å². The number of ether oxygens (including phenoxy) is 2. The van der Waals surface area contributed by atoms with Crippen molar-refractivity contribution < 1.29 is 51.8 Å². The molecule has 0 bridgehead atoms. The van der Waals surface area contributed by atoms with Crippen molar-refractivity contribution in [3.05, 3.63) is 12.2 Å². The molecule has 6 N–H and O–H groups in total. The molecule has 7 atom stereocenters. The summed E-state index contributed by atoms with van der Waals surface area (Å²) in [4.78, 5) is 13.0. The summed E-state index contributed by atoms with van der Waals surface area (Å²) in [5, 5.41) is 44.6. The quantitative estimate of drug-likeness (QED) is 0.0203. The topological polar surface area (TPSA) is 192 Å². The average Bonchev–Trinajstić information content (AvgIpc) is 3.15. The van der Waals surface area contributed by atoms with Crippen LogP contribution in [0.1, 0.15) is 194 Å². The van der Waals surface area contributed by atoms with Crippen molar-refractivity contribution in [2.75, 3.05) is 13.2 Å². The van der Waals surface area contributed by atoms with Crippen LogP contribution < -0.4 is 5.32 Å². The molecule has 7 unspecified atom stereocenters. The molecule has 13 heteroatoms. The van der Waals surface area contributed by atoms with E-state index in [-0.39, 0.29) is 18.9 Å². The van der Waals surface area contributed by atoms with Crippen LogP contribution in [0.3, 0.4) is 0 Å². The number of rotatable bonds is 37. The molecule has 1 fully saturated rings. The van der Waals surface area contributed by atoms with Crippen LogP contribution in [0.2, 0.25) is 0 Å². The van der Waals surface area contributed by atoms with E-state index in [0.29, 0.717) is 6.42 Å². The van der Waals surface area contributed by atoms with Crippen molar-refractivity contribution in [1.82, 2.24) is 5.32 Å². The van der Waals surface area contributed by atoms with Gasteiger partial charge in [-0.3, -0.25) is 9.35 Å². The Balaban J connectivity index is 2.55. The third kappa shape index (κ3) is 27.2. The molecule has 0 spiro atoms. The molecule has 0 aliphatic carbocycles. The minimum atomic E-state index is -5.08. The highest BCUT2D eigenvalue weighted by Gasteiger charge is 2.48. The molecule has 1 heterocycles. The van der Waals surface area contributed by atoms with Gasteiger partial charge >= 0.3 is 10.4 Å². The van der Waals surface area contributed by atoms with E-state index in [0.717, 1.165) is 38.5 Å². The van der Waals surface area contributed by atoms with E-state index in [9.17, 15) is 33.6 Å². The number of allylic oxidation sites excluding steroid dienone is 1. The first-order valence-corrected chi connectivity index (χ1v) is 23.4. The first kappa shape index (κ1) is 51.9. The lowest BCUT2D eigenvalue weighted by molar-refractivity contribution is -0.298. The monoisotopic (exact) mass is 808 g/mol. The summed E-state index contributed by atoms with van der Waals surface area (Å²) in [5.74, 6) is -0.262. The molecule has 0 aromatic heterocycles. The van der Waals surface area contributed by atoms with Gasteiger partial charge in [-0.2, -0.15) is 8.42 Å². The van der Waals surface area contributed by atoms with Gasteiger partial charge in [-0.25, -0.2) is 4.18 Å². The van der Waals surface area contributed by atoms with E-state index >= 15 is 0 Å². The zero-order valence-corrected chi connectivity index (χ0v) is 35.3. The predicted molar refractivity (Wildman–Crippen MR) is 218 cm³/mol. The van der Waals surface area contributed by atoms with Crippen molar-refractivity contribution in [1.29, 1.82) is 0 Å². The first-order chi connectivity index (χ1) is 26.5. The van der Waals surface area contributed by atoms with Crippen LogP contribution in [0.25, 0.3) is 0 Å². The van der Waals surface area contributed by atoms with Gasteiger partial charge in [-0.15, -0.1) is 0 Å². The molecule has 0 aromatic carbocycles. The molecule has 55 heavy (non-hydrogen) atoms. The summed E-state index contributed by atoms with van der Waals surface area (Å²) < 4.78 is 47.5. The van der Waals surface area contributed by atoms with Crippen LogP contribution in [0.15, 0.2) is 12.2 Å². The molecule has 12 nitrogen and oxygen atoms in total. The van der Waals surface area contributed by atoms with Crippen LogP contribution in [-0.2, 0) is 28.9 Å². The van der Waals surface area contributed by atoms with Crippen molar-refractivity contribution in [2.24, 2.45) is 0 Å². The lowest BCUT2D eigenvalue weighted by atomic mass is 9.99. The Bertz CT molecular complexity index is 1050. The highest BCUT2D eigenvalue weighted by molar-refractivity contribution is 7.80. The number of nitrogens with one attached hydrogen (secondary N) is 1. The Labute approximate surface area is 334 Å². The molecule has 326 valence electrons. The van der Waals surface area contributed by atoms with E-state index < -0.39 is 59.9 Å². The van der Waals surface area contributed by atoms with Gasteiger partial charge < -0.3 is 35.2 Å². The second-order valence-electron chi connectivity index (χ2n) is 15.6. The highest BCUT2D eigenvalue weighted by atomic mass is 32.3. The number of hydrogen-bond acceptors (Lipinski definition) is 10. The molecular formula is C42H81NO11S. The Morgan fingerprint density at radius 3 is 1.58 bits per heavy atom. The lowest BCUT2D eigenvalue weighted by Crippen LogP contribution is -2.61. The van der Waals surface area contributed by atoms with Crippen molar-refractivity contribution in [2.45, 2.75) is 236 Å². The van der Waals surface area contributed by atoms with E-state index in [1.54, 1.807) is 6.08 Å². The summed E-state index contributed by atoms with van der Waals surface area (Å²) in [7, 11) is -5.08. The van der Waals surface area contributed by atoms with Gasteiger partial charge in [0, 0.05) is 6.42 Å². The van der Waals surface area contributed by atoms with Crippen LogP contribution in [-0.4, -0.2) is 95.4 Å². The first-order valence-electron chi connectivity index (χ1n) is 22.1. The predicted octanol–water partition coefficient (Wildman–Crippen LogP) is 7.99. The van der Waals surface area contributed by atoms with Gasteiger partial charge in [0.2, 0.25) is 5.91 Å². The van der Waals surface area contributed by atoms with Gasteiger partial charge in [-0.05, 0) is 19.3 Å². The molecule has 1 amide bonds. The summed E-state index contributed by atoms with van der Waals surface area (Å²) in [6.45, 7) is 3.37. The Morgan fingerprint density at radius 1 is 0.709 bits per heavy atom. The third-order valence-electron chi connectivity index (χ3n) is 10.6. The summed E-state index contributed by atoms with van der Waals surface area (Å²) in [6.07, 6.45) is 26.8. The minimum absolute atomic E-state index is 0.262. The molecular weight excluding hydrogens is 727 g/mol. The van der Waals surface area contributed by atoms with E-state index in [4.69, 9.17) is 14.0 Å². The number of amides is 1. The molecule has 1 aliphatic heterocycles. The molecule has 1 rings (SSSR count). The van der Waals surface area contributed by atoms with Gasteiger partial charge in [-0.1, -0.05) is 180 Å². The maximum absolute atomic E-state index is 13.0. The molecule has 0 saturated carbocycles. The summed E-state index contributed by atoms with van der Waals surface area (Å²) in [6, 6.07) is -0.936. The average molecular weight is 808 g/mol. The fraction of sp³-hybridized carbons (Fsp3) is 0.929. The molecule has 1 saturated heterocycles.